The van der Waals surface area contributed by atoms with Gasteiger partial charge in [0, 0.05) is 34.6 Å². The molecule has 1 atom stereocenters. The molecule has 2 aromatic rings. The first-order valence-corrected chi connectivity index (χ1v) is 10.3. The van der Waals surface area contributed by atoms with Gasteiger partial charge in [-0.1, -0.05) is 29.8 Å². The van der Waals surface area contributed by atoms with Crippen molar-refractivity contribution in [2.24, 2.45) is 11.1 Å². The van der Waals surface area contributed by atoms with E-state index >= 15 is 0 Å². The van der Waals surface area contributed by atoms with Crippen molar-refractivity contribution in [2.45, 2.75) is 19.4 Å². The number of thiophene rings is 1. The Labute approximate surface area is 145 Å². The second-order valence-corrected chi connectivity index (χ2v) is 8.87. The molecule has 1 aromatic heterocycles. The molecule has 1 aliphatic heterocycles. The zero-order chi connectivity index (χ0) is 16.4. The number of halogens is 1. The Hall–Kier alpha value is -0.700. The molecule has 3 rings (SSSR count). The zero-order valence-corrected chi connectivity index (χ0v) is 15.1. The first-order chi connectivity index (χ1) is 10.9. The van der Waals surface area contributed by atoms with Gasteiger partial charge in [-0.3, -0.25) is 4.90 Å². The van der Waals surface area contributed by atoms with Gasteiger partial charge < -0.3 is 0 Å². The summed E-state index contributed by atoms with van der Waals surface area (Å²) in [6.45, 7) is 3.07. The number of nitrogens with one attached hydrogen (secondary N) is 1. The van der Waals surface area contributed by atoms with Crippen LogP contribution in [0.4, 0.5) is 0 Å². The maximum Gasteiger partial charge on any atom is 0.274 e. The molecule has 0 unspecified atom stereocenters. The summed E-state index contributed by atoms with van der Waals surface area (Å²) in [5.74, 6) is 0.287. The van der Waals surface area contributed by atoms with Gasteiger partial charge in [0.15, 0.2) is 0 Å². The molecule has 0 aliphatic carbocycles. The standard InChI is InChI=1S/C15H20ClN3O2S2/c16-15-12-5-1-2-6-13(12)22-14(15)10-19-7-3-4-11(9-19)8-18-23(17,20)21/h1-2,5-6,11,18H,3-4,7-10H2,(H2,17,20,21)/t11-/m1/s1. The normalized spacial score (nSPS) is 20.2. The molecular formula is C15H20ClN3O2S2. The second-order valence-electron chi connectivity index (χ2n) is 5.97. The third-order valence-electron chi connectivity index (χ3n) is 4.15. The van der Waals surface area contributed by atoms with Crippen molar-refractivity contribution < 1.29 is 8.42 Å². The highest BCUT2D eigenvalue weighted by atomic mass is 35.5. The maximum atomic E-state index is 11.0. The number of nitrogens with two attached hydrogens (primary N) is 1. The number of hydrogen-bond acceptors (Lipinski definition) is 4. The Morgan fingerprint density at radius 2 is 2.17 bits per heavy atom. The molecule has 5 nitrogen and oxygen atoms in total. The lowest BCUT2D eigenvalue weighted by atomic mass is 9.98. The molecule has 1 aliphatic rings. The smallest absolute Gasteiger partial charge is 0.274 e. The van der Waals surface area contributed by atoms with Crippen molar-refractivity contribution in [3.05, 3.63) is 34.2 Å². The van der Waals surface area contributed by atoms with Gasteiger partial charge in [-0.15, -0.1) is 11.3 Å². The maximum absolute atomic E-state index is 11.0. The minimum atomic E-state index is -3.61. The molecule has 8 heteroatoms. The van der Waals surface area contributed by atoms with Crippen LogP contribution in [0.1, 0.15) is 17.7 Å². The van der Waals surface area contributed by atoms with Crippen LogP contribution in [0.25, 0.3) is 10.1 Å². The minimum Gasteiger partial charge on any atom is -0.298 e. The van der Waals surface area contributed by atoms with E-state index < -0.39 is 10.2 Å². The highest BCUT2D eigenvalue weighted by molar-refractivity contribution is 7.87. The summed E-state index contributed by atoms with van der Waals surface area (Å²) in [6.07, 6.45) is 2.07. The quantitative estimate of drug-likeness (QED) is 0.845. The van der Waals surface area contributed by atoms with E-state index in [0.717, 1.165) is 42.9 Å². The van der Waals surface area contributed by atoms with Crippen LogP contribution in [0.2, 0.25) is 5.02 Å². The molecule has 1 aromatic carbocycles. The number of fused-ring (bicyclic) bond motifs is 1. The summed E-state index contributed by atoms with van der Waals surface area (Å²) in [7, 11) is -3.61. The highest BCUT2D eigenvalue weighted by Gasteiger charge is 2.22. The molecule has 0 radical (unpaired) electrons. The molecule has 126 valence electrons. The molecule has 0 saturated carbocycles. The summed E-state index contributed by atoms with van der Waals surface area (Å²) >= 11 is 8.24. The fourth-order valence-corrected chi connectivity index (χ4v) is 5.07. The molecule has 3 N–H and O–H groups in total. The molecule has 0 amide bonds. The SMILES string of the molecule is NS(=O)(=O)NC[C@H]1CCCN(Cc2sc3ccccc3c2Cl)C1. The van der Waals surface area contributed by atoms with Crippen LogP contribution in [-0.2, 0) is 16.8 Å². The largest absolute Gasteiger partial charge is 0.298 e. The van der Waals surface area contributed by atoms with Crippen LogP contribution in [0.5, 0.6) is 0 Å². The lowest BCUT2D eigenvalue weighted by Gasteiger charge is -2.32. The lowest BCUT2D eigenvalue weighted by Crippen LogP contribution is -2.42. The number of piperidine rings is 1. The third kappa shape index (κ3) is 4.43. The van der Waals surface area contributed by atoms with Crippen molar-refractivity contribution >= 4 is 43.2 Å². The number of likely N-dealkylation sites (tertiary alicyclic amines) is 1. The zero-order valence-electron chi connectivity index (χ0n) is 12.7. The predicted octanol–water partition coefficient (Wildman–Crippen LogP) is 2.56. The predicted molar refractivity (Wildman–Crippen MR) is 95.9 cm³/mol. The van der Waals surface area contributed by atoms with Gasteiger partial charge in [0.2, 0.25) is 0 Å². The minimum absolute atomic E-state index is 0.287. The number of hydrogen-bond donors (Lipinski definition) is 2. The first-order valence-electron chi connectivity index (χ1n) is 7.58. The van der Waals surface area contributed by atoms with E-state index in [1.165, 1.54) is 9.58 Å². The van der Waals surface area contributed by atoms with Crippen LogP contribution in [0.15, 0.2) is 24.3 Å². The van der Waals surface area contributed by atoms with E-state index in [1.807, 2.05) is 18.2 Å². The third-order valence-corrected chi connectivity index (χ3v) is 6.41. The van der Waals surface area contributed by atoms with E-state index in [2.05, 4.69) is 15.7 Å². The van der Waals surface area contributed by atoms with Gasteiger partial charge >= 0.3 is 0 Å². The topological polar surface area (TPSA) is 75.4 Å². The van der Waals surface area contributed by atoms with E-state index in [0.29, 0.717) is 6.54 Å². The number of nitrogens with zero attached hydrogens (tertiary/aromatic N) is 1. The summed E-state index contributed by atoms with van der Waals surface area (Å²) in [5, 5.41) is 6.96. The number of rotatable bonds is 5. The molecule has 0 bridgehead atoms. The highest BCUT2D eigenvalue weighted by Crippen LogP contribution is 2.36. The van der Waals surface area contributed by atoms with E-state index in [-0.39, 0.29) is 5.92 Å². The van der Waals surface area contributed by atoms with Crippen LogP contribution in [0.3, 0.4) is 0 Å². The van der Waals surface area contributed by atoms with Crippen molar-refractivity contribution in [3.63, 3.8) is 0 Å². The van der Waals surface area contributed by atoms with Crippen LogP contribution in [0, 0.1) is 5.92 Å². The van der Waals surface area contributed by atoms with E-state index in [9.17, 15) is 8.42 Å². The second kappa shape index (κ2) is 7.04. The van der Waals surface area contributed by atoms with Crippen LogP contribution in [-0.4, -0.2) is 33.0 Å². The van der Waals surface area contributed by atoms with Crippen LogP contribution >= 0.6 is 22.9 Å². The molecule has 2 heterocycles. The van der Waals surface area contributed by atoms with Gasteiger partial charge in [0.1, 0.15) is 0 Å². The molecular weight excluding hydrogens is 354 g/mol. The van der Waals surface area contributed by atoms with Gasteiger partial charge in [0.25, 0.3) is 10.2 Å². The summed E-state index contributed by atoms with van der Waals surface area (Å²) in [4.78, 5) is 3.52. The summed E-state index contributed by atoms with van der Waals surface area (Å²) in [5.41, 5.74) is 0. The van der Waals surface area contributed by atoms with Crippen molar-refractivity contribution in [3.8, 4) is 0 Å². The van der Waals surface area contributed by atoms with Gasteiger partial charge in [0.05, 0.1) is 5.02 Å². The van der Waals surface area contributed by atoms with Crippen molar-refractivity contribution in [1.82, 2.24) is 9.62 Å². The Morgan fingerprint density at radius 1 is 1.39 bits per heavy atom. The monoisotopic (exact) mass is 373 g/mol. The summed E-state index contributed by atoms with van der Waals surface area (Å²) < 4.78 is 25.7. The Balaban J connectivity index is 1.66. The van der Waals surface area contributed by atoms with Gasteiger partial charge in [-0.25, -0.2) is 9.86 Å². The molecule has 23 heavy (non-hydrogen) atoms. The number of benzene rings is 1. The van der Waals surface area contributed by atoms with Gasteiger partial charge in [-0.05, 0) is 31.4 Å². The Kier molecular flexibility index (Phi) is 5.25. The summed E-state index contributed by atoms with van der Waals surface area (Å²) in [6, 6.07) is 8.16. The first kappa shape index (κ1) is 17.1. The fraction of sp³-hybridized carbons (Fsp3) is 0.467. The Morgan fingerprint density at radius 3 is 2.91 bits per heavy atom. The molecule has 0 spiro atoms. The average Bonchev–Trinajstić information content (AvgIpc) is 2.82. The van der Waals surface area contributed by atoms with Gasteiger partial charge in [-0.2, -0.15) is 8.42 Å². The Bertz CT molecular complexity index is 791. The van der Waals surface area contributed by atoms with Crippen LogP contribution < -0.4 is 9.86 Å². The lowest BCUT2D eigenvalue weighted by molar-refractivity contribution is 0.170. The molecule has 1 fully saturated rings. The fourth-order valence-electron chi connectivity index (χ4n) is 3.06. The van der Waals surface area contributed by atoms with E-state index in [4.69, 9.17) is 16.7 Å². The average molecular weight is 374 g/mol. The van der Waals surface area contributed by atoms with Crippen molar-refractivity contribution in [1.29, 1.82) is 0 Å². The van der Waals surface area contributed by atoms with E-state index in [1.54, 1.807) is 11.3 Å². The van der Waals surface area contributed by atoms with Crippen molar-refractivity contribution in [2.75, 3.05) is 19.6 Å². The molecule has 1 saturated heterocycles.